The first kappa shape index (κ1) is 25.8. The molecule has 3 rings (SSSR count). The minimum atomic E-state index is -0.858. The SMILES string of the molecule is COc1ccc(OCC2(COCc3ccccc3)C/C(=C/CC(C(C)C)C(C)C)C(=O)O2)cc1. The molecule has 5 nitrogen and oxygen atoms in total. The summed E-state index contributed by atoms with van der Waals surface area (Å²) in [5.41, 5.74) is 0.932. The maximum absolute atomic E-state index is 12.9. The number of ether oxygens (including phenoxy) is 4. The molecule has 0 aliphatic carbocycles. The highest BCUT2D eigenvalue weighted by Gasteiger charge is 2.45. The Balaban J connectivity index is 1.72. The van der Waals surface area contributed by atoms with Crippen molar-refractivity contribution in [3.8, 4) is 11.5 Å². The molecule has 1 aliphatic heterocycles. The first-order valence-corrected chi connectivity index (χ1v) is 12.1. The Morgan fingerprint density at radius 1 is 0.941 bits per heavy atom. The van der Waals surface area contributed by atoms with E-state index in [1.807, 2.05) is 54.6 Å². The maximum atomic E-state index is 12.9. The van der Waals surface area contributed by atoms with Crippen LogP contribution in [0.15, 0.2) is 66.2 Å². The highest BCUT2D eigenvalue weighted by atomic mass is 16.6. The lowest BCUT2D eigenvalue weighted by atomic mass is 9.82. The summed E-state index contributed by atoms with van der Waals surface area (Å²) in [6, 6.07) is 17.4. The van der Waals surface area contributed by atoms with Crippen LogP contribution in [0.5, 0.6) is 11.5 Å². The molecule has 5 heteroatoms. The number of methoxy groups -OCH3 is 1. The van der Waals surface area contributed by atoms with Gasteiger partial charge in [0.25, 0.3) is 0 Å². The first-order chi connectivity index (χ1) is 16.3. The quantitative estimate of drug-likeness (QED) is 0.274. The van der Waals surface area contributed by atoms with Crippen molar-refractivity contribution in [3.05, 3.63) is 71.8 Å². The molecule has 1 fully saturated rings. The minimum Gasteiger partial charge on any atom is -0.497 e. The smallest absolute Gasteiger partial charge is 0.334 e. The molecule has 1 saturated heterocycles. The van der Waals surface area contributed by atoms with Gasteiger partial charge in [-0.2, -0.15) is 0 Å². The van der Waals surface area contributed by atoms with Gasteiger partial charge in [-0.3, -0.25) is 0 Å². The standard InChI is InChI=1S/C29H38O5/c1-21(2)27(22(3)4)16-11-24-17-29(34-28(24)30,19-32-18-23-9-7-6-8-10-23)20-33-26-14-12-25(31-5)13-15-26/h6-15,21-22,27H,16-20H2,1-5H3/b24-11-. The summed E-state index contributed by atoms with van der Waals surface area (Å²) in [6.07, 6.45) is 3.40. The van der Waals surface area contributed by atoms with Crippen molar-refractivity contribution >= 4 is 5.97 Å². The van der Waals surface area contributed by atoms with Gasteiger partial charge >= 0.3 is 5.97 Å². The van der Waals surface area contributed by atoms with Crippen LogP contribution in [0.4, 0.5) is 0 Å². The number of carbonyl (C=O) groups is 1. The highest BCUT2D eigenvalue weighted by molar-refractivity contribution is 5.91. The van der Waals surface area contributed by atoms with E-state index in [0.29, 0.717) is 42.1 Å². The van der Waals surface area contributed by atoms with Gasteiger partial charge in [0.15, 0.2) is 5.60 Å². The molecule has 0 bridgehead atoms. The molecule has 2 aromatic rings. The zero-order valence-electron chi connectivity index (χ0n) is 21.1. The highest BCUT2D eigenvalue weighted by Crippen LogP contribution is 2.34. The molecule has 0 spiro atoms. The molecule has 1 unspecified atom stereocenters. The molecule has 184 valence electrons. The number of esters is 1. The summed E-state index contributed by atoms with van der Waals surface area (Å²) < 4.78 is 23.2. The van der Waals surface area contributed by atoms with E-state index in [2.05, 4.69) is 33.8 Å². The summed E-state index contributed by atoms with van der Waals surface area (Å²) in [4.78, 5) is 12.9. The third-order valence-corrected chi connectivity index (χ3v) is 6.47. The van der Waals surface area contributed by atoms with Crippen LogP contribution in [0.25, 0.3) is 0 Å². The Morgan fingerprint density at radius 2 is 1.59 bits per heavy atom. The molecule has 34 heavy (non-hydrogen) atoms. The molecule has 0 aromatic heterocycles. The Labute approximate surface area is 204 Å². The number of hydrogen-bond acceptors (Lipinski definition) is 5. The van der Waals surface area contributed by atoms with Crippen LogP contribution in [0.2, 0.25) is 0 Å². The molecule has 1 aliphatic rings. The van der Waals surface area contributed by atoms with Crippen LogP contribution in [-0.2, 0) is 20.9 Å². The molecule has 0 amide bonds. The Hall–Kier alpha value is -2.79. The fraction of sp³-hybridized carbons (Fsp3) is 0.483. The molecule has 0 radical (unpaired) electrons. The van der Waals surface area contributed by atoms with Crippen LogP contribution in [0, 0.1) is 17.8 Å². The average Bonchev–Trinajstić information content (AvgIpc) is 3.14. The second kappa shape index (κ2) is 12.1. The Bertz CT molecular complexity index is 925. The molecular weight excluding hydrogens is 428 g/mol. The van der Waals surface area contributed by atoms with Crippen molar-refractivity contribution in [2.75, 3.05) is 20.3 Å². The van der Waals surface area contributed by atoms with Crippen molar-refractivity contribution < 1.29 is 23.7 Å². The lowest BCUT2D eigenvalue weighted by Gasteiger charge is -2.27. The van der Waals surface area contributed by atoms with Crippen LogP contribution in [0.3, 0.4) is 0 Å². The molecule has 0 saturated carbocycles. The van der Waals surface area contributed by atoms with Crippen LogP contribution in [0.1, 0.15) is 46.1 Å². The van der Waals surface area contributed by atoms with E-state index >= 15 is 0 Å². The predicted octanol–water partition coefficient (Wildman–Crippen LogP) is 6.22. The van der Waals surface area contributed by atoms with E-state index in [0.717, 1.165) is 17.7 Å². The van der Waals surface area contributed by atoms with E-state index in [9.17, 15) is 4.79 Å². The second-order valence-corrected chi connectivity index (χ2v) is 9.81. The monoisotopic (exact) mass is 466 g/mol. The van der Waals surface area contributed by atoms with Gasteiger partial charge < -0.3 is 18.9 Å². The fourth-order valence-electron chi connectivity index (χ4n) is 4.48. The summed E-state index contributed by atoms with van der Waals surface area (Å²) >= 11 is 0. The number of rotatable bonds is 12. The Kier molecular flexibility index (Phi) is 9.17. The molecule has 2 aromatic carbocycles. The van der Waals surface area contributed by atoms with E-state index in [1.54, 1.807) is 7.11 Å². The largest absolute Gasteiger partial charge is 0.497 e. The minimum absolute atomic E-state index is 0.217. The second-order valence-electron chi connectivity index (χ2n) is 9.81. The van der Waals surface area contributed by atoms with Gasteiger partial charge in [0.1, 0.15) is 18.1 Å². The molecular formula is C29H38O5. The van der Waals surface area contributed by atoms with Gasteiger partial charge in [0.2, 0.25) is 0 Å². The zero-order chi connectivity index (χ0) is 24.6. The van der Waals surface area contributed by atoms with E-state index in [4.69, 9.17) is 18.9 Å². The van der Waals surface area contributed by atoms with Gasteiger partial charge in [-0.25, -0.2) is 4.79 Å². The fourth-order valence-corrected chi connectivity index (χ4v) is 4.48. The summed E-state index contributed by atoms with van der Waals surface area (Å²) in [5.74, 6) is 2.79. The van der Waals surface area contributed by atoms with Crippen molar-refractivity contribution in [1.82, 2.24) is 0 Å². The van der Waals surface area contributed by atoms with Crippen molar-refractivity contribution in [2.24, 2.45) is 17.8 Å². The van der Waals surface area contributed by atoms with Gasteiger partial charge in [0, 0.05) is 12.0 Å². The van der Waals surface area contributed by atoms with Crippen molar-refractivity contribution in [3.63, 3.8) is 0 Å². The van der Waals surface area contributed by atoms with E-state index in [-0.39, 0.29) is 19.2 Å². The number of allylic oxidation sites excluding steroid dienone is 1. The van der Waals surface area contributed by atoms with Crippen LogP contribution in [-0.4, -0.2) is 31.9 Å². The third-order valence-electron chi connectivity index (χ3n) is 6.47. The van der Waals surface area contributed by atoms with Crippen molar-refractivity contribution in [1.29, 1.82) is 0 Å². The summed E-state index contributed by atoms with van der Waals surface area (Å²) in [5, 5.41) is 0. The normalized spacial score (nSPS) is 19.3. The van der Waals surface area contributed by atoms with Gasteiger partial charge in [-0.05, 0) is 54.0 Å². The third kappa shape index (κ3) is 7.10. The molecule has 1 heterocycles. The first-order valence-electron chi connectivity index (χ1n) is 12.1. The number of carbonyl (C=O) groups excluding carboxylic acids is 1. The number of benzene rings is 2. The number of cyclic esters (lactones) is 1. The summed E-state index contributed by atoms with van der Waals surface area (Å²) in [6.45, 7) is 9.88. The van der Waals surface area contributed by atoms with Crippen LogP contribution < -0.4 is 9.47 Å². The van der Waals surface area contributed by atoms with Gasteiger partial charge in [0.05, 0.1) is 20.3 Å². The van der Waals surface area contributed by atoms with E-state index in [1.165, 1.54) is 0 Å². The lowest BCUT2D eigenvalue weighted by Crippen LogP contribution is -2.40. The van der Waals surface area contributed by atoms with Gasteiger partial charge in [-0.15, -0.1) is 0 Å². The average molecular weight is 467 g/mol. The lowest BCUT2D eigenvalue weighted by molar-refractivity contribution is -0.156. The number of hydrogen-bond donors (Lipinski definition) is 0. The summed E-state index contributed by atoms with van der Waals surface area (Å²) in [7, 11) is 1.63. The molecule has 1 atom stereocenters. The zero-order valence-corrected chi connectivity index (χ0v) is 21.1. The Morgan fingerprint density at radius 3 is 2.21 bits per heavy atom. The van der Waals surface area contributed by atoms with Gasteiger partial charge in [-0.1, -0.05) is 64.1 Å². The maximum Gasteiger partial charge on any atom is 0.334 e. The van der Waals surface area contributed by atoms with E-state index < -0.39 is 5.60 Å². The molecule has 0 N–H and O–H groups in total. The van der Waals surface area contributed by atoms with Crippen molar-refractivity contribution in [2.45, 2.75) is 52.7 Å². The topological polar surface area (TPSA) is 54.0 Å². The van der Waals surface area contributed by atoms with Crippen LogP contribution >= 0.6 is 0 Å². The predicted molar refractivity (Wildman–Crippen MR) is 134 cm³/mol.